The lowest BCUT2D eigenvalue weighted by atomic mass is 10.0. The van der Waals surface area contributed by atoms with E-state index in [-0.39, 0.29) is 12.2 Å². The van der Waals surface area contributed by atoms with Crippen LogP contribution in [0.2, 0.25) is 0 Å². The van der Waals surface area contributed by atoms with Gasteiger partial charge in [-0.3, -0.25) is 5.32 Å². The summed E-state index contributed by atoms with van der Waals surface area (Å²) < 4.78 is 5.54. The van der Waals surface area contributed by atoms with Crippen molar-refractivity contribution < 1.29 is 9.53 Å². The molecule has 1 atom stereocenters. The Morgan fingerprint density at radius 3 is 2.71 bits per heavy atom. The van der Waals surface area contributed by atoms with E-state index >= 15 is 0 Å². The first-order chi connectivity index (χ1) is 8.28. The second-order valence-electron chi connectivity index (χ2n) is 5.14. The number of anilines is 1. The molecule has 2 aliphatic rings. The van der Waals surface area contributed by atoms with E-state index in [2.05, 4.69) is 5.32 Å². The number of carbonyl (C=O) groups excluding carboxylic acids is 1. The highest BCUT2D eigenvalue weighted by atomic mass is 16.6. The van der Waals surface area contributed by atoms with Gasteiger partial charge in [0.2, 0.25) is 0 Å². The van der Waals surface area contributed by atoms with Crippen LogP contribution in [0.4, 0.5) is 10.5 Å². The lowest BCUT2D eigenvalue weighted by Crippen LogP contribution is -2.26. The third kappa shape index (κ3) is 2.14. The molecule has 90 valence electrons. The summed E-state index contributed by atoms with van der Waals surface area (Å²) in [6, 6.07) is 9.44. The molecule has 1 amide bonds. The summed E-state index contributed by atoms with van der Waals surface area (Å²) in [5.74, 6) is 0. The van der Waals surface area contributed by atoms with Gasteiger partial charge in [-0.1, -0.05) is 18.2 Å². The highest BCUT2D eigenvalue weighted by Crippen LogP contribution is 2.58. The molecule has 0 radical (unpaired) electrons. The van der Waals surface area contributed by atoms with Crippen LogP contribution in [0.1, 0.15) is 32.1 Å². The van der Waals surface area contributed by atoms with E-state index in [4.69, 9.17) is 4.74 Å². The topological polar surface area (TPSA) is 38.3 Å². The van der Waals surface area contributed by atoms with E-state index < -0.39 is 0 Å². The third-order valence-electron chi connectivity index (χ3n) is 3.99. The van der Waals surface area contributed by atoms with Gasteiger partial charge in [0.15, 0.2) is 0 Å². The quantitative estimate of drug-likeness (QED) is 0.845. The minimum absolute atomic E-state index is 0.145. The van der Waals surface area contributed by atoms with E-state index in [0.29, 0.717) is 5.41 Å². The zero-order chi connectivity index (χ0) is 11.7. The summed E-state index contributed by atoms with van der Waals surface area (Å²) in [6.07, 6.45) is 5.76. The smallest absolute Gasteiger partial charge is 0.411 e. The van der Waals surface area contributed by atoms with Gasteiger partial charge in [-0.15, -0.1) is 0 Å². The molecule has 1 spiro atoms. The SMILES string of the molecule is O=C(Nc1ccccc1)O[C@@H]1CCCC12CC2. The molecule has 1 aromatic carbocycles. The summed E-state index contributed by atoms with van der Waals surface area (Å²) in [5, 5.41) is 2.77. The molecule has 0 aliphatic heterocycles. The molecule has 3 rings (SSSR count). The molecule has 2 saturated carbocycles. The van der Waals surface area contributed by atoms with Crippen molar-refractivity contribution in [2.75, 3.05) is 5.32 Å². The van der Waals surface area contributed by atoms with E-state index in [1.165, 1.54) is 25.7 Å². The number of hydrogen-bond donors (Lipinski definition) is 1. The number of rotatable bonds is 2. The van der Waals surface area contributed by atoms with E-state index in [9.17, 15) is 4.79 Å². The first-order valence-electron chi connectivity index (χ1n) is 6.31. The highest BCUT2D eigenvalue weighted by molar-refractivity contribution is 5.84. The van der Waals surface area contributed by atoms with Gasteiger partial charge >= 0.3 is 6.09 Å². The zero-order valence-electron chi connectivity index (χ0n) is 9.82. The molecule has 3 nitrogen and oxygen atoms in total. The molecule has 3 heteroatoms. The Balaban J connectivity index is 1.57. The number of hydrogen-bond acceptors (Lipinski definition) is 2. The van der Waals surface area contributed by atoms with Crippen molar-refractivity contribution in [3.05, 3.63) is 30.3 Å². The van der Waals surface area contributed by atoms with Gasteiger partial charge in [0, 0.05) is 11.1 Å². The molecule has 0 bridgehead atoms. The molecular formula is C14H17NO2. The standard InChI is InChI=1S/C14H17NO2/c16-13(15-11-5-2-1-3-6-11)17-12-7-4-8-14(12)9-10-14/h1-3,5-6,12H,4,7-10H2,(H,15,16)/t12-/m1/s1. The summed E-state index contributed by atoms with van der Waals surface area (Å²) in [6.45, 7) is 0. The second kappa shape index (κ2) is 4.06. The van der Waals surface area contributed by atoms with Crippen LogP contribution in [0.5, 0.6) is 0 Å². The molecular weight excluding hydrogens is 214 g/mol. The summed E-state index contributed by atoms with van der Waals surface area (Å²) in [7, 11) is 0. The first-order valence-corrected chi connectivity index (χ1v) is 6.31. The second-order valence-corrected chi connectivity index (χ2v) is 5.14. The Labute approximate surface area is 101 Å². The van der Waals surface area contributed by atoms with Crippen molar-refractivity contribution >= 4 is 11.8 Å². The first kappa shape index (κ1) is 10.6. The predicted molar refractivity (Wildman–Crippen MR) is 65.9 cm³/mol. The van der Waals surface area contributed by atoms with E-state index in [1.54, 1.807) is 0 Å². The minimum atomic E-state index is -0.311. The fourth-order valence-electron chi connectivity index (χ4n) is 2.82. The third-order valence-corrected chi connectivity index (χ3v) is 3.99. The molecule has 1 aromatic rings. The Bertz CT molecular complexity index is 411. The van der Waals surface area contributed by atoms with Crippen LogP contribution >= 0.6 is 0 Å². The van der Waals surface area contributed by atoms with Gasteiger partial charge in [0.05, 0.1) is 0 Å². The Morgan fingerprint density at radius 1 is 1.24 bits per heavy atom. The number of carbonyl (C=O) groups is 1. The average Bonchev–Trinajstić information content (AvgIpc) is 3.00. The molecule has 0 unspecified atom stereocenters. The highest BCUT2D eigenvalue weighted by Gasteiger charge is 2.54. The Morgan fingerprint density at radius 2 is 2.00 bits per heavy atom. The number of para-hydroxylation sites is 1. The van der Waals surface area contributed by atoms with Gasteiger partial charge in [-0.05, 0) is 44.2 Å². The number of nitrogens with one attached hydrogen (secondary N) is 1. The molecule has 0 saturated heterocycles. The molecule has 1 N–H and O–H groups in total. The van der Waals surface area contributed by atoms with Crippen molar-refractivity contribution in [2.24, 2.45) is 5.41 Å². The summed E-state index contributed by atoms with van der Waals surface area (Å²) in [4.78, 5) is 11.8. The summed E-state index contributed by atoms with van der Waals surface area (Å²) >= 11 is 0. The number of ether oxygens (including phenoxy) is 1. The molecule has 0 aromatic heterocycles. The van der Waals surface area contributed by atoms with Crippen LogP contribution in [-0.2, 0) is 4.74 Å². The number of benzene rings is 1. The van der Waals surface area contributed by atoms with Crippen LogP contribution in [0.15, 0.2) is 30.3 Å². The van der Waals surface area contributed by atoms with Gasteiger partial charge in [0.1, 0.15) is 6.10 Å². The van der Waals surface area contributed by atoms with Crippen molar-refractivity contribution in [1.82, 2.24) is 0 Å². The van der Waals surface area contributed by atoms with E-state index in [1.807, 2.05) is 30.3 Å². The van der Waals surface area contributed by atoms with Gasteiger partial charge in [-0.25, -0.2) is 4.79 Å². The maximum Gasteiger partial charge on any atom is 0.411 e. The Hall–Kier alpha value is -1.51. The largest absolute Gasteiger partial charge is 0.445 e. The fraction of sp³-hybridized carbons (Fsp3) is 0.500. The van der Waals surface area contributed by atoms with Crippen molar-refractivity contribution in [3.8, 4) is 0 Å². The van der Waals surface area contributed by atoms with Gasteiger partial charge in [-0.2, -0.15) is 0 Å². The molecule has 2 aliphatic carbocycles. The van der Waals surface area contributed by atoms with Crippen LogP contribution in [-0.4, -0.2) is 12.2 Å². The normalized spacial score (nSPS) is 24.6. The van der Waals surface area contributed by atoms with Gasteiger partial charge < -0.3 is 4.74 Å². The van der Waals surface area contributed by atoms with Crippen LogP contribution < -0.4 is 5.32 Å². The zero-order valence-corrected chi connectivity index (χ0v) is 9.82. The van der Waals surface area contributed by atoms with Crippen molar-refractivity contribution in [1.29, 1.82) is 0 Å². The molecule has 0 heterocycles. The van der Waals surface area contributed by atoms with Crippen molar-refractivity contribution in [3.63, 3.8) is 0 Å². The number of amides is 1. The molecule has 17 heavy (non-hydrogen) atoms. The molecule has 2 fully saturated rings. The predicted octanol–water partition coefficient (Wildman–Crippen LogP) is 3.57. The summed E-state index contributed by atoms with van der Waals surface area (Å²) in [5.41, 5.74) is 1.15. The minimum Gasteiger partial charge on any atom is -0.445 e. The fourth-order valence-corrected chi connectivity index (χ4v) is 2.82. The van der Waals surface area contributed by atoms with Gasteiger partial charge in [0.25, 0.3) is 0 Å². The average molecular weight is 231 g/mol. The van der Waals surface area contributed by atoms with E-state index in [0.717, 1.165) is 12.1 Å². The maximum absolute atomic E-state index is 11.8. The monoisotopic (exact) mass is 231 g/mol. The van der Waals surface area contributed by atoms with Crippen molar-refractivity contribution in [2.45, 2.75) is 38.2 Å². The maximum atomic E-state index is 11.8. The van der Waals surface area contributed by atoms with Crippen LogP contribution in [0.25, 0.3) is 0 Å². The van der Waals surface area contributed by atoms with Crippen LogP contribution in [0, 0.1) is 5.41 Å². The lowest BCUT2D eigenvalue weighted by Gasteiger charge is -2.19. The van der Waals surface area contributed by atoms with Crippen LogP contribution in [0.3, 0.4) is 0 Å². The Kier molecular flexibility index (Phi) is 2.54. The lowest BCUT2D eigenvalue weighted by molar-refractivity contribution is 0.0787.